The van der Waals surface area contributed by atoms with E-state index < -0.39 is 0 Å². The van der Waals surface area contributed by atoms with Crippen LogP contribution < -0.4 is 0 Å². The summed E-state index contributed by atoms with van der Waals surface area (Å²) in [6.45, 7) is 2.14. The van der Waals surface area contributed by atoms with Crippen LogP contribution in [0.25, 0.3) is 0 Å². The van der Waals surface area contributed by atoms with Gasteiger partial charge in [0.1, 0.15) is 0 Å². The van der Waals surface area contributed by atoms with Crippen LogP contribution in [0, 0.1) is 0 Å². The smallest absolute Gasteiger partial charge is 0.00219 e. The highest BCUT2D eigenvalue weighted by Crippen LogP contribution is 2.05. The molecule has 0 aromatic heterocycles. The van der Waals surface area contributed by atoms with E-state index in [0.29, 0.717) is 5.25 Å². The van der Waals surface area contributed by atoms with E-state index in [9.17, 15) is 0 Å². The summed E-state index contributed by atoms with van der Waals surface area (Å²) in [6, 6.07) is 0. The minimum absolute atomic E-state index is 0.567. The molecule has 2 heteroatoms. The summed E-state index contributed by atoms with van der Waals surface area (Å²) in [5, 5.41) is 0.567. The Labute approximate surface area is 56.5 Å². The maximum atomic E-state index is 4.26. The van der Waals surface area contributed by atoms with Crippen LogP contribution in [0.5, 0.6) is 0 Å². The third kappa shape index (κ3) is 4.56. The average Bonchev–Trinajstić information content (AvgIpc) is 1.68. The molecule has 0 aliphatic rings. The zero-order valence-corrected chi connectivity index (χ0v) is 6.38. The van der Waals surface area contributed by atoms with Crippen LogP contribution in [0.3, 0.4) is 0 Å². The molecule has 0 rings (SSSR count). The summed E-state index contributed by atoms with van der Waals surface area (Å²) < 4.78 is 0. The minimum atomic E-state index is 0.567. The molecule has 0 amide bonds. The largest absolute Gasteiger partial charge is 0.179 e. The van der Waals surface area contributed by atoms with Gasteiger partial charge in [0.15, 0.2) is 0 Å². The quantitative estimate of drug-likeness (QED) is 0.545. The van der Waals surface area contributed by atoms with E-state index >= 15 is 0 Å². The lowest BCUT2D eigenvalue weighted by molar-refractivity contribution is 0.806. The van der Waals surface area contributed by atoms with Gasteiger partial charge in [-0.2, -0.15) is 25.3 Å². The predicted octanol–water partition coefficient (Wildman–Crippen LogP) is 2.01. The molecule has 0 bridgehead atoms. The maximum Gasteiger partial charge on any atom is 0.00219 e. The first-order chi connectivity index (χ1) is 3.31. The number of hydrogen-bond acceptors (Lipinski definition) is 2. The Kier molecular flexibility index (Phi) is 5.33. The first-order valence-corrected chi connectivity index (χ1v) is 3.75. The Morgan fingerprint density at radius 3 is 2.29 bits per heavy atom. The van der Waals surface area contributed by atoms with E-state index in [0.717, 1.165) is 18.6 Å². The van der Waals surface area contributed by atoms with Gasteiger partial charge in [-0.05, 0) is 18.6 Å². The number of hydrogen-bond donors (Lipinski definition) is 2. The summed E-state index contributed by atoms with van der Waals surface area (Å²) in [6.07, 6.45) is 2.28. The Morgan fingerprint density at radius 2 is 2.14 bits per heavy atom. The lowest BCUT2D eigenvalue weighted by Gasteiger charge is -2.01. The highest BCUT2D eigenvalue weighted by molar-refractivity contribution is 7.81. The summed E-state index contributed by atoms with van der Waals surface area (Å²) in [5.41, 5.74) is 0. The Bertz CT molecular complexity index is 37.1. The van der Waals surface area contributed by atoms with Crippen LogP contribution >= 0.6 is 25.3 Å². The molecule has 0 heterocycles. The molecular formula is C5H12S2. The zero-order valence-electron chi connectivity index (χ0n) is 4.59. The van der Waals surface area contributed by atoms with Crippen molar-refractivity contribution in [1.82, 2.24) is 0 Å². The van der Waals surface area contributed by atoms with E-state index in [-0.39, 0.29) is 0 Å². The van der Waals surface area contributed by atoms with Crippen molar-refractivity contribution in [3.8, 4) is 0 Å². The molecule has 1 atom stereocenters. The molecule has 44 valence electrons. The fraction of sp³-hybridized carbons (Fsp3) is 1.00. The van der Waals surface area contributed by atoms with Gasteiger partial charge in [0, 0.05) is 5.25 Å². The second kappa shape index (κ2) is 4.85. The average molecular weight is 136 g/mol. The molecule has 0 aliphatic heterocycles. The van der Waals surface area contributed by atoms with Gasteiger partial charge in [0.05, 0.1) is 0 Å². The molecule has 0 aromatic rings. The highest BCUT2D eigenvalue weighted by atomic mass is 32.1. The molecule has 0 spiro atoms. The molecule has 0 saturated carbocycles. The summed E-state index contributed by atoms with van der Waals surface area (Å²) in [5.74, 6) is 0.960. The Morgan fingerprint density at radius 1 is 1.57 bits per heavy atom. The van der Waals surface area contributed by atoms with Crippen molar-refractivity contribution >= 4 is 25.3 Å². The fourth-order valence-electron chi connectivity index (χ4n) is 0.353. The summed E-state index contributed by atoms with van der Waals surface area (Å²) >= 11 is 8.33. The molecule has 0 N–H and O–H groups in total. The summed E-state index contributed by atoms with van der Waals surface area (Å²) in [7, 11) is 0. The third-order valence-corrected chi connectivity index (χ3v) is 1.82. The molecule has 7 heavy (non-hydrogen) atoms. The van der Waals surface area contributed by atoms with Crippen molar-refractivity contribution in [2.75, 3.05) is 5.75 Å². The van der Waals surface area contributed by atoms with Gasteiger partial charge in [0.25, 0.3) is 0 Å². The molecular weight excluding hydrogens is 124 g/mol. The van der Waals surface area contributed by atoms with Crippen molar-refractivity contribution in [3.05, 3.63) is 0 Å². The predicted molar refractivity (Wildman–Crippen MR) is 41.5 cm³/mol. The molecule has 0 unspecified atom stereocenters. The second-order valence-electron chi connectivity index (χ2n) is 1.57. The van der Waals surface area contributed by atoms with E-state index in [1.165, 1.54) is 0 Å². The van der Waals surface area contributed by atoms with Gasteiger partial charge in [-0.25, -0.2) is 0 Å². The zero-order chi connectivity index (χ0) is 5.70. The van der Waals surface area contributed by atoms with Crippen LogP contribution in [-0.4, -0.2) is 11.0 Å². The minimum Gasteiger partial charge on any atom is -0.179 e. The Hall–Kier alpha value is 0.700. The van der Waals surface area contributed by atoms with Crippen LogP contribution in [0.4, 0.5) is 0 Å². The van der Waals surface area contributed by atoms with Crippen molar-refractivity contribution in [2.45, 2.75) is 25.0 Å². The molecule has 0 radical (unpaired) electrons. The number of thiol groups is 2. The van der Waals surface area contributed by atoms with Crippen molar-refractivity contribution in [2.24, 2.45) is 0 Å². The summed E-state index contributed by atoms with van der Waals surface area (Å²) in [4.78, 5) is 0. The third-order valence-electron chi connectivity index (χ3n) is 0.934. The van der Waals surface area contributed by atoms with Gasteiger partial charge in [-0.1, -0.05) is 6.92 Å². The lowest BCUT2D eigenvalue weighted by Crippen LogP contribution is -1.95. The number of rotatable bonds is 3. The van der Waals surface area contributed by atoms with Gasteiger partial charge in [-0.3, -0.25) is 0 Å². The fourth-order valence-corrected chi connectivity index (χ4v) is 0.998. The SMILES string of the molecule is CC[C@@H](S)CCS. The molecule has 0 saturated heterocycles. The van der Waals surface area contributed by atoms with Crippen LogP contribution in [0.1, 0.15) is 19.8 Å². The van der Waals surface area contributed by atoms with Gasteiger partial charge >= 0.3 is 0 Å². The standard InChI is InChI=1S/C5H12S2/c1-2-5(7)3-4-6/h5-7H,2-4H2,1H3/t5-/m1/s1. The normalized spacial score (nSPS) is 14.1. The molecule has 0 aliphatic carbocycles. The topological polar surface area (TPSA) is 0 Å². The van der Waals surface area contributed by atoms with Gasteiger partial charge < -0.3 is 0 Å². The molecule has 0 nitrogen and oxygen atoms in total. The monoisotopic (exact) mass is 136 g/mol. The van der Waals surface area contributed by atoms with Gasteiger partial charge in [0.2, 0.25) is 0 Å². The first-order valence-electron chi connectivity index (χ1n) is 2.60. The van der Waals surface area contributed by atoms with Crippen LogP contribution in [0.15, 0.2) is 0 Å². The molecule has 0 fully saturated rings. The maximum absolute atomic E-state index is 4.26. The lowest BCUT2D eigenvalue weighted by atomic mass is 10.3. The van der Waals surface area contributed by atoms with Gasteiger partial charge in [-0.15, -0.1) is 0 Å². The van der Waals surface area contributed by atoms with Crippen LogP contribution in [-0.2, 0) is 0 Å². The highest BCUT2D eigenvalue weighted by Gasteiger charge is 1.94. The van der Waals surface area contributed by atoms with E-state index in [1.54, 1.807) is 0 Å². The van der Waals surface area contributed by atoms with E-state index in [1.807, 2.05) is 0 Å². The van der Waals surface area contributed by atoms with Crippen molar-refractivity contribution < 1.29 is 0 Å². The molecule has 0 aromatic carbocycles. The Balaban J connectivity index is 2.83. The van der Waals surface area contributed by atoms with Crippen molar-refractivity contribution in [1.29, 1.82) is 0 Å². The van der Waals surface area contributed by atoms with E-state index in [4.69, 9.17) is 0 Å². The van der Waals surface area contributed by atoms with Crippen LogP contribution in [0.2, 0.25) is 0 Å². The van der Waals surface area contributed by atoms with Crippen molar-refractivity contribution in [3.63, 3.8) is 0 Å². The first kappa shape index (κ1) is 7.70. The van der Waals surface area contributed by atoms with E-state index in [2.05, 4.69) is 32.2 Å². The second-order valence-corrected chi connectivity index (χ2v) is 2.75.